The number of hydrogen-bond donors (Lipinski definition) is 1. The largest absolute Gasteiger partial charge is 0.299 e. The summed E-state index contributed by atoms with van der Waals surface area (Å²) in [6, 6.07) is 19.7. The molecule has 5 heteroatoms. The highest BCUT2D eigenvalue weighted by molar-refractivity contribution is 7.12. The number of nitrogens with zero attached hydrogens (tertiary/aromatic N) is 1. The molecule has 0 fully saturated rings. The van der Waals surface area contributed by atoms with Crippen molar-refractivity contribution in [3.05, 3.63) is 87.7 Å². The molecule has 0 amide bonds. The fraction of sp³-hybridized carbons (Fsp3) is 0.160. The number of Topliss-reactive ketones (excluding diaryl/α,β-unsaturated/α-hetero) is 2. The van der Waals surface area contributed by atoms with Gasteiger partial charge in [0.05, 0.1) is 16.1 Å². The van der Waals surface area contributed by atoms with Gasteiger partial charge in [-0.1, -0.05) is 48.5 Å². The van der Waals surface area contributed by atoms with E-state index in [0.29, 0.717) is 25.7 Å². The first-order valence-electron chi connectivity index (χ1n) is 9.97. The van der Waals surface area contributed by atoms with E-state index < -0.39 is 0 Å². The van der Waals surface area contributed by atoms with Gasteiger partial charge in [0, 0.05) is 24.6 Å². The molecule has 0 atom stereocenters. The molecule has 4 nitrogen and oxygen atoms in total. The van der Waals surface area contributed by atoms with Crippen molar-refractivity contribution in [2.75, 3.05) is 0 Å². The van der Waals surface area contributed by atoms with E-state index in [9.17, 15) is 9.59 Å². The number of H-pyrrole nitrogens is 1. The third kappa shape index (κ3) is 4.99. The molecule has 30 heavy (non-hydrogen) atoms. The summed E-state index contributed by atoms with van der Waals surface area (Å²) in [5, 5.41) is 10.3. The average molecular weight is 415 g/mol. The Balaban J connectivity index is 1.37. The van der Waals surface area contributed by atoms with Crippen LogP contribution < -0.4 is 0 Å². The Kier molecular flexibility index (Phi) is 6.30. The number of ketones is 2. The molecule has 0 spiro atoms. The monoisotopic (exact) mass is 414 g/mol. The molecule has 1 N–H and O–H groups in total. The van der Waals surface area contributed by atoms with E-state index in [2.05, 4.69) is 10.2 Å². The lowest BCUT2D eigenvalue weighted by molar-refractivity contribution is -0.118. The highest BCUT2D eigenvalue weighted by Gasteiger charge is 2.10. The molecule has 0 saturated heterocycles. The fourth-order valence-corrected chi connectivity index (χ4v) is 4.07. The summed E-state index contributed by atoms with van der Waals surface area (Å²) in [5.41, 5.74) is 3.88. The Labute approximate surface area is 179 Å². The van der Waals surface area contributed by atoms with Crippen LogP contribution in [0, 0.1) is 0 Å². The number of aromatic nitrogens is 2. The summed E-state index contributed by atoms with van der Waals surface area (Å²) in [6.07, 6.45) is 5.84. The van der Waals surface area contributed by atoms with Gasteiger partial charge >= 0.3 is 0 Å². The van der Waals surface area contributed by atoms with Gasteiger partial charge in [-0.15, -0.1) is 11.3 Å². The van der Waals surface area contributed by atoms with Gasteiger partial charge in [-0.25, -0.2) is 0 Å². The molecule has 0 radical (unpaired) electrons. The maximum Gasteiger partial charge on any atom is 0.172 e. The number of fused-ring (bicyclic) bond motifs is 1. The second kappa shape index (κ2) is 9.46. The number of carbonyl (C=O) groups excluding carboxylic acids is 2. The van der Waals surface area contributed by atoms with Crippen LogP contribution in [-0.4, -0.2) is 21.8 Å². The van der Waals surface area contributed by atoms with Crippen LogP contribution in [0.5, 0.6) is 0 Å². The van der Waals surface area contributed by atoms with Crippen molar-refractivity contribution in [3.8, 4) is 0 Å². The predicted molar refractivity (Wildman–Crippen MR) is 123 cm³/mol. The van der Waals surface area contributed by atoms with Gasteiger partial charge in [0.2, 0.25) is 0 Å². The van der Waals surface area contributed by atoms with Crippen LogP contribution in [0.3, 0.4) is 0 Å². The molecule has 0 bridgehead atoms. The number of carbonyl (C=O) groups is 2. The van der Waals surface area contributed by atoms with Crippen LogP contribution in [0.4, 0.5) is 0 Å². The average Bonchev–Trinajstić information content (AvgIpc) is 3.43. The normalized spacial score (nSPS) is 11.3. The number of rotatable bonds is 9. The van der Waals surface area contributed by atoms with Crippen molar-refractivity contribution in [2.24, 2.45) is 0 Å². The van der Waals surface area contributed by atoms with Gasteiger partial charge in [0.1, 0.15) is 5.78 Å². The highest BCUT2D eigenvalue weighted by Crippen LogP contribution is 2.21. The van der Waals surface area contributed by atoms with E-state index >= 15 is 0 Å². The number of aromatic amines is 1. The molecule has 0 aliphatic carbocycles. The molecular weight excluding hydrogens is 392 g/mol. The Morgan fingerprint density at radius 3 is 2.63 bits per heavy atom. The number of nitrogens with one attached hydrogen (secondary N) is 1. The van der Waals surface area contributed by atoms with E-state index in [0.717, 1.165) is 32.6 Å². The summed E-state index contributed by atoms with van der Waals surface area (Å²) in [5.74, 6) is 0.269. The summed E-state index contributed by atoms with van der Waals surface area (Å²) in [4.78, 5) is 25.2. The van der Waals surface area contributed by atoms with Crippen LogP contribution in [-0.2, 0) is 11.2 Å². The first kappa shape index (κ1) is 20.0. The minimum absolute atomic E-state index is 0.118. The molecule has 150 valence electrons. The third-order valence-corrected chi connectivity index (χ3v) is 5.86. The molecule has 0 unspecified atom stereocenters. The minimum atomic E-state index is 0.118. The van der Waals surface area contributed by atoms with Gasteiger partial charge in [-0.2, -0.15) is 5.10 Å². The van der Waals surface area contributed by atoms with E-state index in [1.54, 1.807) is 0 Å². The zero-order valence-corrected chi connectivity index (χ0v) is 17.3. The van der Waals surface area contributed by atoms with Crippen molar-refractivity contribution in [3.63, 3.8) is 0 Å². The SMILES string of the molecule is O=C(CCCC(=O)c1cccs1)Cc1ccc2n[nH]c(/C=C/c3ccccc3)c2c1. The third-order valence-electron chi connectivity index (χ3n) is 4.95. The van der Waals surface area contributed by atoms with Gasteiger partial charge in [-0.3, -0.25) is 14.7 Å². The number of hydrogen-bond acceptors (Lipinski definition) is 4. The van der Waals surface area contributed by atoms with Gasteiger partial charge in [0.15, 0.2) is 5.78 Å². The first-order chi connectivity index (χ1) is 14.7. The van der Waals surface area contributed by atoms with Crippen molar-refractivity contribution in [1.82, 2.24) is 10.2 Å². The van der Waals surface area contributed by atoms with E-state index in [1.807, 2.05) is 78.2 Å². The summed E-state index contributed by atoms with van der Waals surface area (Å²) in [7, 11) is 0. The van der Waals surface area contributed by atoms with Crippen LogP contribution >= 0.6 is 11.3 Å². The maximum absolute atomic E-state index is 12.4. The van der Waals surface area contributed by atoms with Crippen LogP contribution in [0.2, 0.25) is 0 Å². The summed E-state index contributed by atoms with van der Waals surface area (Å²) >= 11 is 1.45. The summed E-state index contributed by atoms with van der Waals surface area (Å²) in [6.45, 7) is 0. The highest BCUT2D eigenvalue weighted by atomic mass is 32.1. The molecular formula is C25H22N2O2S. The van der Waals surface area contributed by atoms with Crippen molar-refractivity contribution < 1.29 is 9.59 Å². The molecule has 2 aromatic heterocycles. The number of benzene rings is 2. The maximum atomic E-state index is 12.4. The molecule has 2 aromatic carbocycles. The molecule has 2 heterocycles. The Morgan fingerprint density at radius 2 is 1.83 bits per heavy atom. The van der Waals surface area contributed by atoms with Crippen LogP contribution in [0.1, 0.15) is 45.8 Å². The molecule has 4 rings (SSSR count). The standard InChI is InChI=1S/C25H22N2O2S/c28-20(8-4-9-24(29)25-10-5-15-30-25)16-19-12-14-23-21(17-19)22(26-27-23)13-11-18-6-2-1-3-7-18/h1-3,5-7,10-15,17H,4,8-9,16H2,(H,26,27)/b13-11+. The lowest BCUT2D eigenvalue weighted by Crippen LogP contribution is -2.04. The fourth-order valence-electron chi connectivity index (χ4n) is 3.38. The smallest absolute Gasteiger partial charge is 0.172 e. The van der Waals surface area contributed by atoms with Gasteiger partial charge < -0.3 is 0 Å². The topological polar surface area (TPSA) is 62.8 Å². The van der Waals surface area contributed by atoms with Gasteiger partial charge in [0.25, 0.3) is 0 Å². The summed E-state index contributed by atoms with van der Waals surface area (Å²) < 4.78 is 0. The van der Waals surface area contributed by atoms with Crippen molar-refractivity contribution in [1.29, 1.82) is 0 Å². The zero-order valence-electron chi connectivity index (χ0n) is 16.5. The first-order valence-corrected chi connectivity index (χ1v) is 10.9. The lowest BCUT2D eigenvalue weighted by Gasteiger charge is -2.02. The zero-order chi connectivity index (χ0) is 20.8. The second-order valence-corrected chi connectivity index (χ2v) is 8.15. The van der Waals surface area contributed by atoms with Crippen LogP contribution in [0.25, 0.3) is 23.1 Å². The van der Waals surface area contributed by atoms with Gasteiger partial charge in [-0.05, 0) is 47.2 Å². The number of thiophene rings is 1. The minimum Gasteiger partial charge on any atom is -0.299 e. The molecule has 4 aromatic rings. The van der Waals surface area contributed by atoms with E-state index in [1.165, 1.54) is 11.3 Å². The molecule has 0 saturated carbocycles. The second-order valence-electron chi connectivity index (χ2n) is 7.20. The van der Waals surface area contributed by atoms with Crippen molar-refractivity contribution in [2.45, 2.75) is 25.7 Å². The van der Waals surface area contributed by atoms with E-state index in [4.69, 9.17) is 0 Å². The quantitative estimate of drug-likeness (QED) is 0.344. The van der Waals surface area contributed by atoms with E-state index in [-0.39, 0.29) is 11.6 Å². The molecule has 0 aliphatic heterocycles. The lowest BCUT2D eigenvalue weighted by atomic mass is 10.0. The Bertz CT molecular complexity index is 1170. The van der Waals surface area contributed by atoms with Crippen LogP contribution in [0.15, 0.2) is 66.0 Å². The Morgan fingerprint density at radius 1 is 0.967 bits per heavy atom. The molecule has 0 aliphatic rings. The Hall–Kier alpha value is -3.31. The predicted octanol–water partition coefficient (Wildman–Crippen LogP) is 5.96. The van der Waals surface area contributed by atoms with Crippen molar-refractivity contribution >= 4 is 46.0 Å².